The highest BCUT2D eigenvalue weighted by Crippen LogP contribution is 2.35. The second-order valence-corrected chi connectivity index (χ2v) is 7.28. The molecular formula is C9H9F3N2O3S2. The van der Waals surface area contributed by atoms with Gasteiger partial charge in [0.25, 0.3) is 0 Å². The predicted molar refractivity (Wildman–Crippen MR) is 61.0 cm³/mol. The van der Waals surface area contributed by atoms with E-state index >= 15 is 0 Å². The van der Waals surface area contributed by atoms with E-state index in [9.17, 15) is 25.8 Å². The normalized spacial score (nSPS) is 21.7. The van der Waals surface area contributed by atoms with Crippen molar-refractivity contribution < 1.29 is 25.8 Å². The maximum absolute atomic E-state index is 12.8. The van der Waals surface area contributed by atoms with Gasteiger partial charge in [-0.15, -0.1) is 0 Å². The van der Waals surface area contributed by atoms with Gasteiger partial charge in [-0.3, -0.25) is 9.19 Å². The fourth-order valence-electron chi connectivity index (χ4n) is 1.64. The van der Waals surface area contributed by atoms with Gasteiger partial charge in [0.05, 0.1) is 11.4 Å². The lowest BCUT2D eigenvalue weighted by Gasteiger charge is -2.17. The van der Waals surface area contributed by atoms with E-state index in [1.807, 2.05) is 0 Å². The minimum atomic E-state index is -4.79. The summed E-state index contributed by atoms with van der Waals surface area (Å²) in [5.74, 6) is -0.157. The number of hydrogen-bond acceptors (Lipinski definition) is 4. The summed E-state index contributed by atoms with van der Waals surface area (Å²) in [5.41, 5.74) is -1.26. The number of hydrogen-bond donors (Lipinski definition) is 0. The SMILES string of the molecule is O=S1CCN(S(=O)(=O)c2cnccc2C(F)(F)F)C1. The Hall–Kier alpha value is -1.00. The van der Waals surface area contributed by atoms with Gasteiger partial charge in [-0.25, -0.2) is 8.42 Å². The molecule has 1 unspecified atom stereocenters. The molecule has 1 aliphatic heterocycles. The van der Waals surface area contributed by atoms with Gasteiger partial charge in [-0.2, -0.15) is 17.5 Å². The summed E-state index contributed by atoms with van der Waals surface area (Å²) in [6.45, 7) is -0.0544. The summed E-state index contributed by atoms with van der Waals surface area (Å²) in [6, 6.07) is 0.611. The molecule has 106 valence electrons. The van der Waals surface area contributed by atoms with Crippen LogP contribution in [0.4, 0.5) is 13.2 Å². The molecule has 1 fully saturated rings. The first-order chi connectivity index (χ1) is 8.73. The topological polar surface area (TPSA) is 67.3 Å². The molecule has 0 aliphatic carbocycles. The van der Waals surface area contributed by atoms with Gasteiger partial charge in [0, 0.05) is 35.5 Å². The van der Waals surface area contributed by atoms with E-state index in [0.29, 0.717) is 12.3 Å². The molecule has 19 heavy (non-hydrogen) atoms. The molecule has 0 radical (unpaired) electrons. The van der Waals surface area contributed by atoms with Crippen LogP contribution in [0.1, 0.15) is 5.56 Å². The number of rotatable bonds is 2. The molecule has 0 N–H and O–H groups in total. The van der Waals surface area contributed by atoms with E-state index in [2.05, 4.69) is 4.98 Å². The van der Waals surface area contributed by atoms with E-state index in [0.717, 1.165) is 10.5 Å². The van der Waals surface area contributed by atoms with Crippen LogP contribution >= 0.6 is 0 Å². The van der Waals surface area contributed by atoms with Crippen molar-refractivity contribution in [3.63, 3.8) is 0 Å². The summed E-state index contributed by atoms with van der Waals surface area (Å²) >= 11 is 0. The molecule has 2 heterocycles. The van der Waals surface area contributed by atoms with Crippen LogP contribution in [0.5, 0.6) is 0 Å². The van der Waals surface area contributed by atoms with Gasteiger partial charge in [-0.05, 0) is 6.07 Å². The average Bonchev–Trinajstić information content (AvgIpc) is 2.75. The lowest BCUT2D eigenvalue weighted by atomic mass is 10.3. The van der Waals surface area contributed by atoms with Crippen LogP contribution < -0.4 is 0 Å². The molecule has 2 rings (SSSR count). The van der Waals surface area contributed by atoms with E-state index in [1.165, 1.54) is 0 Å². The minimum absolute atomic E-state index is 0.0544. The zero-order valence-electron chi connectivity index (χ0n) is 9.42. The second-order valence-electron chi connectivity index (χ2n) is 3.82. The molecule has 1 aromatic heterocycles. The Bertz CT molecular complexity index is 615. The Morgan fingerprint density at radius 3 is 2.58 bits per heavy atom. The standard InChI is InChI=1S/C9H9F3N2O3S2/c10-9(11,12)7-1-2-13-5-8(7)19(16,17)14-3-4-18(15)6-14/h1-2,5H,3-4,6H2. The van der Waals surface area contributed by atoms with Crippen molar-refractivity contribution in [3.8, 4) is 0 Å². The number of sulfonamides is 1. The number of aromatic nitrogens is 1. The molecule has 0 bridgehead atoms. The molecule has 5 nitrogen and oxygen atoms in total. The summed E-state index contributed by atoms with van der Waals surface area (Å²) < 4.78 is 74.5. The number of alkyl halides is 3. The molecule has 0 aromatic carbocycles. The first kappa shape index (κ1) is 14.4. The van der Waals surface area contributed by atoms with Gasteiger partial charge in [-0.1, -0.05) is 0 Å². The lowest BCUT2D eigenvalue weighted by molar-refractivity contribution is -0.140. The van der Waals surface area contributed by atoms with Gasteiger partial charge in [0.1, 0.15) is 4.90 Å². The monoisotopic (exact) mass is 314 g/mol. The van der Waals surface area contributed by atoms with E-state index in [1.54, 1.807) is 0 Å². The van der Waals surface area contributed by atoms with Crippen molar-refractivity contribution in [2.24, 2.45) is 0 Å². The number of pyridine rings is 1. The van der Waals surface area contributed by atoms with E-state index in [-0.39, 0.29) is 18.2 Å². The van der Waals surface area contributed by atoms with Crippen LogP contribution in [-0.4, -0.2) is 40.1 Å². The first-order valence-electron chi connectivity index (χ1n) is 5.09. The summed E-state index contributed by atoms with van der Waals surface area (Å²) in [6.07, 6.45) is -3.24. The van der Waals surface area contributed by atoms with E-state index < -0.39 is 37.5 Å². The van der Waals surface area contributed by atoms with Gasteiger partial charge < -0.3 is 0 Å². The Morgan fingerprint density at radius 2 is 2.05 bits per heavy atom. The fourth-order valence-corrected chi connectivity index (χ4v) is 4.93. The number of nitrogens with zero attached hydrogens (tertiary/aromatic N) is 2. The van der Waals surface area contributed by atoms with Crippen LogP contribution in [0.2, 0.25) is 0 Å². The summed E-state index contributed by atoms with van der Waals surface area (Å²) in [5, 5.41) is 0. The third-order valence-corrected chi connectivity index (χ3v) is 5.84. The minimum Gasteiger partial charge on any atom is -0.263 e. The molecule has 0 amide bonds. The van der Waals surface area contributed by atoms with Crippen molar-refractivity contribution in [3.05, 3.63) is 24.0 Å². The zero-order chi connectivity index (χ0) is 14.3. The van der Waals surface area contributed by atoms with Crippen molar-refractivity contribution in [2.45, 2.75) is 11.1 Å². The van der Waals surface area contributed by atoms with E-state index in [4.69, 9.17) is 0 Å². The van der Waals surface area contributed by atoms with Crippen molar-refractivity contribution in [1.82, 2.24) is 9.29 Å². The maximum atomic E-state index is 12.8. The highest BCUT2D eigenvalue weighted by Gasteiger charge is 2.40. The fraction of sp³-hybridized carbons (Fsp3) is 0.444. The molecule has 1 saturated heterocycles. The Labute approximate surface area is 109 Å². The van der Waals surface area contributed by atoms with Gasteiger partial charge in [0.2, 0.25) is 10.0 Å². The lowest BCUT2D eigenvalue weighted by Crippen LogP contribution is -2.30. The van der Waals surface area contributed by atoms with Crippen LogP contribution in [-0.2, 0) is 27.0 Å². The molecule has 0 saturated carbocycles. The predicted octanol–water partition coefficient (Wildman–Crippen LogP) is 0.811. The average molecular weight is 314 g/mol. The summed E-state index contributed by atoms with van der Waals surface area (Å²) in [7, 11) is -5.68. The molecule has 1 aliphatic rings. The molecular weight excluding hydrogens is 305 g/mol. The molecule has 1 atom stereocenters. The molecule has 10 heteroatoms. The van der Waals surface area contributed by atoms with Crippen LogP contribution in [0, 0.1) is 0 Å². The Kier molecular flexibility index (Phi) is 3.67. The zero-order valence-corrected chi connectivity index (χ0v) is 11.1. The van der Waals surface area contributed by atoms with Crippen LogP contribution in [0.25, 0.3) is 0 Å². The van der Waals surface area contributed by atoms with Crippen molar-refractivity contribution >= 4 is 20.8 Å². The van der Waals surface area contributed by atoms with Crippen LogP contribution in [0.3, 0.4) is 0 Å². The quantitative estimate of drug-likeness (QED) is 0.810. The first-order valence-corrected chi connectivity index (χ1v) is 8.02. The molecule has 1 aromatic rings. The summed E-state index contributed by atoms with van der Waals surface area (Å²) in [4.78, 5) is 2.53. The smallest absolute Gasteiger partial charge is 0.263 e. The Morgan fingerprint density at radius 1 is 1.37 bits per heavy atom. The second kappa shape index (κ2) is 4.84. The maximum Gasteiger partial charge on any atom is 0.417 e. The third-order valence-electron chi connectivity index (χ3n) is 2.56. The van der Waals surface area contributed by atoms with Gasteiger partial charge >= 0.3 is 6.18 Å². The molecule has 0 spiro atoms. The third kappa shape index (κ3) is 2.79. The van der Waals surface area contributed by atoms with Crippen molar-refractivity contribution in [1.29, 1.82) is 0 Å². The van der Waals surface area contributed by atoms with Crippen molar-refractivity contribution in [2.75, 3.05) is 18.2 Å². The van der Waals surface area contributed by atoms with Gasteiger partial charge in [0.15, 0.2) is 0 Å². The number of halogens is 3. The highest BCUT2D eigenvalue weighted by atomic mass is 32.2. The van der Waals surface area contributed by atoms with Crippen LogP contribution in [0.15, 0.2) is 23.4 Å². The Balaban J connectivity index is 2.50. The largest absolute Gasteiger partial charge is 0.417 e. The highest BCUT2D eigenvalue weighted by molar-refractivity contribution is 7.91.